The summed E-state index contributed by atoms with van der Waals surface area (Å²) in [4.78, 5) is 24.2. The summed E-state index contributed by atoms with van der Waals surface area (Å²) in [6, 6.07) is 2.97. The monoisotopic (exact) mass is 366 g/mol. The van der Waals surface area contributed by atoms with Crippen molar-refractivity contribution in [1.82, 2.24) is 0 Å². The van der Waals surface area contributed by atoms with Crippen LogP contribution >= 0.6 is 0 Å². The van der Waals surface area contributed by atoms with Crippen LogP contribution in [-0.2, 0) is 19.1 Å². The van der Waals surface area contributed by atoms with E-state index in [2.05, 4.69) is 0 Å². The van der Waals surface area contributed by atoms with Gasteiger partial charge in [0.1, 0.15) is 17.5 Å². The van der Waals surface area contributed by atoms with Crippen molar-refractivity contribution in [3.8, 4) is 0 Å². The predicted molar refractivity (Wildman–Crippen MR) is 99.5 cm³/mol. The number of hydrogen-bond donors (Lipinski definition) is 0. The van der Waals surface area contributed by atoms with Crippen LogP contribution in [0, 0.1) is 25.6 Å². The molecule has 1 rings (SSSR count). The highest BCUT2D eigenvalue weighted by Gasteiger charge is 2.27. The number of hydrogen-bond acceptors (Lipinski definition) is 4. The quantitative estimate of drug-likeness (QED) is 0.676. The van der Waals surface area contributed by atoms with Crippen molar-refractivity contribution in [3.05, 3.63) is 34.6 Å². The van der Waals surface area contributed by atoms with Gasteiger partial charge in [-0.25, -0.2) is 4.39 Å². The molecule has 0 amide bonds. The highest BCUT2D eigenvalue weighted by Crippen LogP contribution is 2.29. The molecule has 2 unspecified atom stereocenters. The largest absolute Gasteiger partial charge is 0.462 e. The summed E-state index contributed by atoms with van der Waals surface area (Å²) in [5.74, 6) is -1.81. The SMILES string of the molecule is Cc1cc(F)cc(C)c1C(C)C(C)OC(=O)[C@H](C)CC(=O)OC(C)(C)C. The lowest BCUT2D eigenvalue weighted by Crippen LogP contribution is -2.29. The van der Waals surface area contributed by atoms with Gasteiger partial charge in [-0.3, -0.25) is 9.59 Å². The number of carbonyl (C=O) groups is 2. The van der Waals surface area contributed by atoms with Crippen LogP contribution in [0.1, 0.15) is 70.6 Å². The molecule has 0 N–H and O–H groups in total. The van der Waals surface area contributed by atoms with E-state index in [9.17, 15) is 14.0 Å². The Morgan fingerprint density at radius 2 is 1.58 bits per heavy atom. The van der Waals surface area contributed by atoms with Gasteiger partial charge in [-0.1, -0.05) is 13.8 Å². The van der Waals surface area contributed by atoms with E-state index in [0.29, 0.717) is 0 Å². The third-order valence-corrected chi connectivity index (χ3v) is 4.32. The topological polar surface area (TPSA) is 52.6 Å². The zero-order valence-electron chi connectivity index (χ0n) is 17.1. The lowest BCUT2D eigenvalue weighted by atomic mass is 9.88. The van der Waals surface area contributed by atoms with Crippen LogP contribution in [0.25, 0.3) is 0 Å². The van der Waals surface area contributed by atoms with Gasteiger partial charge in [0.15, 0.2) is 0 Å². The van der Waals surface area contributed by atoms with E-state index in [1.54, 1.807) is 27.7 Å². The van der Waals surface area contributed by atoms with E-state index < -0.39 is 29.6 Å². The standard InChI is InChI=1S/C21H31FO4/c1-12-9-17(22)10-13(2)19(12)15(4)16(5)25-20(24)14(3)11-18(23)26-21(6,7)8/h9-10,14-16H,11H2,1-8H3/t14-,15?,16?/m1/s1. The van der Waals surface area contributed by atoms with Crippen LogP contribution in [0.4, 0.5) is 4.39 Å². The first-order valence-corrected chi connectivity index (χ1v) is 9.00. The van der Waals surface area contributed by atoms with E-state index in [1.165, 1.54) is 12.1 Å². The number of aryl methyl sites for hydroxylation is 2. The summed E-state index contributed by atoms with van der Waals surface area (Å²) < 4.78 is 24.3. The Bertz CT molecular complexity index is 637. The molecule has 1 aromatic rings. The molecule has 0 saturated carbocycles. The molecular formula is C21H31FO4. The summed E-state index contributed by atoms with van der Waals surface area (Å²) in [5.41, 5.74) is 2.06. The molecule has 1 aromatic carbocycles. The van der Waals surface area contributed by atoms with Gasteiger partial charge >= 0.3 is 11.9 Å². The minimum Gasteiger partial charge on any atom is -0.462 e. The molecule has 0 aliphatic carbocycles. The van der Waals surface area contributed by atoms with Crippen LogP contribution in [-0.4, -0.2) is 23.6 Å². The smallest absolute Gasteiger partial charge is 0.309 e. The van der Waals surface area contributed by atoms with Gasteiger partial charge < -0.3 is 9.47 Å². The molecule has 4 nitrogen and oxygen atoms in total. The molecule has 0 bridgehead atoms. The minimum atomic E-state index is -0.588. The van der Waals surface area contributed by atoms with Crippen LogP contribution in [0.15, 0.2) is 12.1 Å². The van der Waals surface area contributed by atoms with Gasteiger partial charge in [0.05, 0.1) is 12.3 Å². The molecule has 0 aliphatic rings. The van der Waals surface area contributed by atoms with Gasteiger partial charge in [-0.2, -0.15) is 0 Å². The molecular weight excluding hydrogens is 335 g/mol. The van der Waals surface area contributed by atoms with E-state index in [0.717, 1.165) is 16.7 Å². The molecule has 0 spiro atoms. The number of halogens is 1. The highest BCUT2D eigenvalue weighted by atomic mass is 19.1. The maximum Gasteiger partial charge on any atom is 0.309 e. The second-order valence-corrected chi connectivity index (χ2v) is 8.08. The first-order valence-electron chi connectivity index (χ1n) is 9.00. The summed E-state index contributed by atoms with van der Waals surface area (Å²) in [7, 11) is 0. The van der Waals surface area contributed by atoms with Crippen LogP contribution in [0.2, 0.25) is 0 Å². The minimum absolute atomic E-state index is 0.0220. The molecule has 0 saturated heterocycles. The third-order valence-electron chi connectivity index (χ3n) is 4.32. The lowest BCUT2D eigenvalue weighted by molar-refractivity contribution is -0.163. The van der Waals surface area contributed by atoms with Crippen molar-refractivity contribution in [2.24, 2.45) is 5.92 Å². The highest BCUT2D eigenvalue weighted by molar-refractivity contribution is 5.80. The second-order valence-electron chi connectivity index (χ2n) is 8.08. The van der Waals surface area contributed by atoms with Gasteiger partial charge in [0.25, 0.3) is 0 Å². The van der Waals surface area contributed by atoms with E-state index in [4.69, 9.17) is 9.47 Å². The molecule has 5 heteroatoms. The fourth-order valence-electron chi connectivity index (χ4n) is 2.99. The van der Waals surface area contributed by atoms with Crippen LogP contribution in [0.3, 0.4) is 0 Å². The Morgan fingerprint density at radius 1 is 1.08 bits per heavy atom. The van der Waals surface area contributed by atoms with Crippen molar-refractivity contribution in [3.63, 3.8) is 0 Å². The van der Waals surface area contributed by atoms with Crippen LogP contribution < -0.4 is 0 Å². The lowest BCUT2D eigenvalue weighted by Gasteiger charge is -2.25. The summed E-state index contributed by atoms with van der Waals surface area (Å²) in [6.45, 7) is 14.5. The average molecular weight is 366 g/mol. The Morgan fingerprint density at radius 3 is 2.04 bits per heavy atom. The third kappa shape index (κ3) is 6.43. The molecule has 146 valence electrons. The number of esters is 2. The average Bonchev–Trinajstić information content (AvgIpc) is 2.43. The van der Waals surface area contributed by atoms with Crippen molar-refractivity contribution < 1.29 is 23.5 Å². The zero-order valence-corrected chi connectivity index (χ0v) is 17.1. The molecule has 26 heavy (non-hydrogen) atoms. The second kappa shape index (κ2) is 8.65. The first kappa shape index (κ1) is 22.1. The van der Waals surface area contributed by atoms with Gasteiger partial charge in [0, 0.05) is 5.92 Å². The van der Waals surface area contributed by atoms with Gasteiger partial charge in [-0.15, -0.1) is 0 Å². The van der Waals surface area contributed by atoms with E-state index in [-0.39, 0.29) is 18.2 Å². The van der Waals surface area contributed by atoms with Crippen molar-refractivity contribution in [1.29, 1.82) is 0 Å². The Hall–Kier alpha value is -1.91. The van der Waals surface area contributed by atoms with Crippen LogP contribution in [0.5, 0.6) is 0 Å². The normalized spacial score (nSPS) is 15.1. The molecule has 0 heterocycles. The van der Waals surface area contributed by atoms with Gasteiger partial charge in [-0.05, 0) is 70.4 Å². The Labute approximate surface area is 156 Å². The molecule has 0 aliphatic heterocycles. The van der Waals surface area contributed by atoms with Gasteiger partial charge in [0.2, 0.25) is 0 Å². The number of carbonyl (C=O) groups excluding carboxylic acids is 2. The summed E-state index contributed by atoms with van der Waals surface area (Å²) in [6.07, 6.45) is -0.419. The van der Waals surface area contributed by atoms with Crippen molar-refractivity contribution in [2.75, 3.05) is 0 Å². The molecule has 3 atom stereocenters. The fraction of sp³-hybridized carbons (Fsp3) is 0.619. The van der Waals surface area contributed by atoms with E-state index in [1.807, 2.05) is 27.7 Å². The van der Waals surface area contributed by atoms with E-state index >= 15 is 0 Å². The zero-order chi connectivity index (χ0) is 20.2. The first-order chi connectivity index (χ1) is 11.8. The molecule has 0 radical (unpaired) electrons. The Balaban J connectivity index is 2.73. The maximum atomic E-state index is 13.5. The predicted octanol–water partition coefficient (Wildman–Crippen LogP) is 4.85. The maximum absolute atomic E-state index is 13.5. The number of ether oxygens (including phenoxy) is 2. The van der Waals surface area contributed by atoms with Crippen molar-refractivity contribution >= 4 is 11.9 Å². The Kier molecular flexibility index (Phi) is 7.36. The summed E-state index contributed by atoms with van der Waals surface area (Å²) in [5, 5.41) is 0. The fourth-order valence-corrected chi connectivity index (χ4v) is 2.99. The summed E-state index contributed by atoms with van der Waals surface area (Å²) >= 11 is 0. The number of rotatable bonds is 6. The van der Waals surface area contributed by atoms with Crippen molar-refractivity contribution in [2.45, 2.75) is 79.4 Å². The number of benzene rings is 1. The molecule has 0 aromatic heterocycles. The molecule has 0 fully saturated rings.